The molecule has 58 heavy (non-hydrogen) atoms. The minimum absolute atomic E-state index is 0.477. The summed E-state index contributed by atoms with van der Waals surface area (Å²) >= 11 is 0. The lowest BCUT2D eigenvalue weighted by Gasteiger charge is -2.22. The molecule has 1 N–H and O–H groups in total. The number of nitrogens with zero attached hydrogens (tertiary/aromatic N) is 2. The topological polar surface area (TPSA) is 63.0 Å². The summed E-state index contributed by atoms with van der Waals surface area (Å²) in [4.78, 5) is 10.4. The van der Waals surface area contributed by atoms with E-state index in [-0.39, 0.29) is 0 Å². The van der Waals surface area contributed by atoms with Gasteiger partial charge in [-0.25, -0.2) is 9.98 Å². The Morgan fingerprint density at radius 3 is 1.93 bits per heavy atom. The van der Waals surface area contributed by atoms with Crippen molar-refractivity contribution in [3.8, 4) is 22.3 Å². The summed E-state index contributed by atoms with van der Waals surface area (Å²) in [7, 11) is 0. The first-order valence-corrected chi connectivity index (χ1v) is 19.6. The maximum atomic E-state index is 6.49. The van der Waals surface area contributed by atoms with Gasteiger partial charge in [-0.1, -0.05) is 140 Å². The van der Waals surface area contributed by atoms with Gasteiger partial charge in [0.1, 0.15) is 34.0 Å². The molecule has 12 rings (SSSR count). The lowest BCUT2D eigenvalue weighted by atomic mass is 9.95. The van der Waals surface area contributed by atoms with Gasteiger partial charge >= 0.3 is 0 Å². The molecule has 0 bridgehead atoms. The monoisotopic (exact) mass is 743 g/mol. The molecule has 272 valence electrons. The summed E-state index contributed by atoms with van der Waals surface area (Å²) in [5.74, 6) is 1.51. The molecular weight excluding hydrogens is 711 g/mol. The third kappa shape index (κ3) is 5.32. The van der Waals surface area contributed by atoms with Crippen LogP contribution in [0.15, 0.2) is 207 Å². The van der Waals surface area contributed by atoms with Gasteiger partial charge in [0.15, 0.2) is 6.17 Å². The van der Waals surface area contributed by atoms with E-state index in [9.17, 15) is 0 Å². The average molecular weight is 744 g/mol. The van der Waals surface area contributed by atoms with Gasteiger partial charge in [0.25, 0.3) is 0 Å². The van der Waals surface area contributed by atoms with Crippen LogP contribution in [0.3, 0.4) is 0 Å². The number of amidine groups is 2. The normalized spacial score (nSPS) is 14.4. The third-order valence-corrected chi connectivity index (χ3v) is 11.5. The van der Waals surface area contributed by atoms with Gasteiger partial charge in [0, 0.05) is 32.7 Å². The summed E-state index contributed by atoms with van der Waals surface area (Å²) in [6.45, 7) is 0. The van der Waals surface area contributed by atoms with Crippen LogP contribution in [0, 0.1) is 0 Å². The molecule has 3 heterocycles. The maximum absolute atomic E-state index is 6.49. The molecule has 9 aromatic carbocycles. The summed E-state index contributed by atoms with van der Waals surface area (Å²) < 4.78 is 12.8. The lowest BCUT2D eigenvalue weighted by Crippen LogP contribution is -2.36. The molecule has 0 aliphatic carbocycles. The first-order chi connectivity index (χ1) is 28.7. The van der Waals surface area contributed by atoms with Crippen LogP contribution in [-0.4, -0.2) is 11.7 Å². The van der Waals surface area contributed by atoms with E-state index in [1.807, 2.05) is 36.4 Å². The van der Waals surface area contributed by atoms with E-state index in [0.717, 1.165) is 88.9 Å². The molecule has 0 saturated heterocycles. The zero-order valence-corrected chi connectivity index (χ0v) is 31.2. The lowest BCUT2D eigenvalue weighted by molar-refractivity contribution is 0.668. The molecule has 0 fully saturated rings. The fourth-order valence-corrected chi connectivity index (χ4v) is 8.67. The molecular formula is C53H33N3O2. The molecule has 0 spiro atoms. The summed E-state index contributed by atoms with van der Waals surface area (Å²) in [5.41, 5.74) is 10.8. The standard InChI is InChI=1S/C53H33N3O2/c1-2-11-33(12-3-1)51-54-52(56-53(55-51)39-23-26-44-43-16-6-7-18-46(43)58-49(44)31-39)38-14-8-13-36(29-38)42-17-9-19-48-50(42)45-30-35(24-27-47(45)57-48)34-22-25-41-37(28-34)21-20-32-10-4-5-15-40(32)41/h1-31,52H,(H,54,55,56). The smallest absolute Gasteiger partial charge is 0.169 e. The molecule has 2 aromatic heterocycles. The Bertz CT molecular complexity index is 3500. The molecule has 1 aliphatic heterocycles. The van der Waals surface area contributed by atoms with Crippen molar-refractivity contribution in [1.82, 2.24) is 5.32 Å². The van der Waals surface area contributed by atoms with E-state index < -0.39 is 6.17 Å². The minimum atomic E-state index is -0.477. The molecule has 0 amide bonds. The highest BCUT2D eigenvalue weighted by Crippen LogP contribution is 2.40. The molecule has 5 nitrogen and oxygen atoms in total. The number of aliphatic imine (C=N–C) groups is 2. The second kappa shape index (κ2) is 12.9. The molecule has 0 saturated carbocycles. The van der Waals surface area contributed by atoms with Gasteiger partial charge in [-0.15, -0.1) is 0 Å². The Balaban J connectivity index is 0.958. The van der Waals surface area contributed by atoms with Crippen molar-refractivity contribution in [2.75, 3.05) is 0 Å². The van der Waals surface area contributed by atoms with Gasteiger partial charge in [0.05, 0.1) is 0 Å². The molecule has 1 aliphatic rings. The quantitative estimate of drug-likeness (QED) is 0.179. The number of fused-ring (bicyclic) bond motifs is 9. The number of nitrogens with one attached hydrogen (secondary N) is 1. The minimum Gasteiger partial charge on any atom is -0.456 e. The molecule has 1 unspecified atom stereocenters. The van der Waals surface area contributed by atoms with E-state index in [1.165, 1.54) is 27.1 Å². The SMILES string of the molecule is c1ccc(C2=NC(c3cccc(-c4cccc5oc6ccc(-c7ccc8c(ccc9ccccc98)c7)cc6c45)c3)N=C(c3ccc4c(c3)oc3ccccc34)N2)cc1. The highest BCUT2D eigenvalue weighted by molar-refractivity contribution is 6.18. The molecule has 5 heteroatoms. The Morgan fingerprint density at radius 2 is 1.00 bits per heavy atom. The van der Waals surface area contributed by atoms with Crippen LogP contribution in [0.1, 0.15) is 22.9 Å². The van der Waals surface area contributed by atoms with Gasteiger partial charge in [-0.05, 0) is 97.9 Å². The van der Waals surface area contributed by atoms with Crippen LogP contribution in [0.4, 0.5) is 0 Å². The predicted octanol–water partition coefficient (Wildman–Crippen LogP) is 13.6. The molecule has 0 radical (unpaired) electrons. The highest BCUT2D eigenvalue weighted by atomic mass is 16.3. The second-order valence-corrected chi connectivity index (χ2v) is 15.0. The average Bonchev–Trinajstić information content (AvgIpc) is 3.87. The first-order valence-electron chi connectivity index (χ1n) is 19.6. The Labute approximate surface area is 333 Å². The number of benzene rings is 9. The summed E-state index contributed by atoms with van der Waals surface area (Å²) in [6, 6.07) is 65.9. The van der Waals surface area contributed by atoms with Crippen LogP contribution in [0.5, 0.6) is 0 Å². The van der Waals surface area contributed by atoms with Gasteiger partial charge in [0.2, 0.25) is 0 Å². The number of hydrogen-bond acceptors (Lipinski definition) is 5. The Hall–Kier alpha value is -7.76. The molecule has 11 aromatic rings. The van der Waals surface area contributed by atoms with Crippen molar-refractivity contribution in [1.29, 1.82) is 0 Å². The van der Waals surface area contributed by atoms with Crippen molar-refractivity contribution in [2.45, 2.75) is 6.17 Å². The second-order valence-electron chi connectivity index (χ2n) is 15.0. The highest BCUT2D eigenvalue weighted by Gasteiger charge is 2.23. The van der Waals surface area contributed by atoms with E-state index in [1.54, 1.807) is 0 Å². The molecule has 1 atom stereocenters. The Kier molecular flexibility index (Phi) is 7.23. The van der Waals surface area contributed by atoms with Crippen molar-refractivity contribution in [3.63, 3.8) is 0 Å². The predicted molar refractivity (Wildman–Crippen MR) is 239 cm³/mol. The van der Waals surface area contributed by atoms with E-state index in [0.29, 0.717) is 0 Å². The zero-order valence-electron chi connectivity index (χ0n) is 31.2. The van der Waals surface area contributed by atoms with E-state index >= 15 is 0 Å². The van der Waals surface area contributed by atoms with Crippen LogP contribution < -0.4 is 5.32 Å². The fraction of sp³-hybridized carbons (Fsp3) is 0.0189. The number of rotatable bonds is 5. The van der Waals surface area contributed by atoms with E-state index in [2.05, 4.69) is 157 Å². The fourth-order valence-electron chi connectivity index (χ4n) is 8.67. The van der Waals surface area contributed by atoms with Gasteiger partial charge in [-0.3, -0.25) is 0 Å². The van der Waals surface area contributed by atoms with Crippen LogP contribution >= 0.6 is 0 Å². The van der Waals surface area contributed by atoms with Crippen LogP contribution in [-0.2, 0) is 0 Å². The van der Waals surface area contributed by atoms with Gasteiger partial charge < -0.3 is 14.2 Å². The largest absolute Gasteiger partial charge is 0.456 e. The maximum Gasteiger partial charge on any atom is 0.169 e. The van der Waals surface area contributed by atoms with Crippen molar-refractivity contribution >= 4 is 77.1 Å². The van der Waals surface area contributed by atoms with Gasteiger partial charge in [-0.2, -0.15) is 0 Å². The summed E-state index contributed by atoms with van der Waals surface area (Å²) in [5, 5.41) is 12.9. The summed E-state index contributed by atoms with van der Waals surface area (Å²) in [6.07, 6.45) is -0.477. The number of para-hydroxylation sites is 1. The van der Waals surface area contributed by atoms with E-state index in [4.69, 9.17) is 18.8 Å². The number of hydrogen-bond donors (Lipinski definition) is 1. The third-order valence-electron chi connectivity index (χ3n) is 11.5. The van der Waals surface area contributed by atoms with Crippen molar-refractivity contribution in [3.05, 3.63) is 205 Å². The van der Waals surface area contributed by atoms with Crippen molar-refractivity contribution < 1.29 is 8.83 Å². The Morgan fingerprint density at radius 1 is 0.362 bits per heavy atom. The van der Waals surface area contributed by atoms with Crippen LogP contribution in [0.2, 0.25) is 0 Å². The number of furan rings is 2. The first kappa shape index (κ1) is 32.5. The zero-order chi connectivity index (χ0) is 38.2. The van der Waals surface area contributed by atoms with Crippen LogP contribution in [0.25, 0.3) is 87.7 Å². The van der Waals surface area contributed by atoms with Crippen molar-refractivity contribution in [2.24, 2.45) is 9.98 Å².